The highest BCUT2D eigenvalue weighted by Crippen LogP contribution is 2.31. The van der Waals surface area contributed by atoms with Crippen LogP contribution in [-0.2, 0) is 4.74 Å². The quantitative estimate of drug-likeness (QED) is 0.324. The Bertz CT molecular complexity index is 864. The highest BCUT2D eigenvalue weighted by Gasteiger charge is 2.20. The Hall–Kier alpha value is -1.46. The molecule has 1 aliphatic rings. The fourth-order valence-corrected chi connectivity index (χ4v) is 4.40. The summed E-state index contributed by atoms with van der Waals surface area (Å²) >= 11 is 7.78. The summed E-state index contributed by atoms with van der Waals surface area (Å²) in [6.07, 6.45) is 2.65. The van der Waals surface area contributed by atoms with E-state index in [-0.39, 0.29) is 5.78 Å². The molecule has 1 unspecified atom stereocenters. The van der Waals surface area contributed by atoms with Gasteiger partial charge in [0.15, 0.2) is 5.78 Å². The molecule has 1 saturated heterocycles. The molecule has 1 aromatic heterocycles. The van der Waals surface area contributed by atoms with E-state index >= 15 is 0 Å². The Labute approximate surface area is 197 Å². The van der Waals surface area contributed by atoms with Crippen LogP contribution >= 0.6 is 22.9 Å². The van der Waals surface area contributed by atoms with Crippen molar-refractivity contribution in [3.05, 3.63) is 62.3 Å². The van der Waals surface area contributed by atoms with E-state index in [2.05, 4.69) is 18.7 Å². The third kappa shape index (κ3) is 7.87. The number of thiophene rings is 1. The first-order valence-corrected chi connectivity index (χ1v) is 12.4. The van der Waals surface area contributed by atoms with Crippen molar-refractivity contribution in [2.24, 2.45) is 5.92 Å². The lowest BCUT2D eigenvalue weighted by Gasteiger charge is -2.27. The van der Waals surface area contributed by atoms with E-state index in [4.69, 9.17) is 16.3 Å². The normalized spacial score (nSPS) is 15.0. The fourth-order valence-electron chi connectivity index (χ4n) is 3.47. The molecule has 2 heterocycles. The number of benzene rings is 1. The van der Waals surface area contributed by atoms with Gasteiger partial charge in [-0.15, -0.1) is 11.3 Å². The van der Waals surface area contributed by atoms with Crippen LogP contribution < -0.4 is 0 Å². The molecule has 1 aromatic carbocycles. The number of hydrogen-bond acceptors (Lipinski definition) is 4. The van der Waals surface area contributed by atoms with Crippen LogP contribution in [0.4, 0.5) is 0 Å². The van der Waals surface area contributed by atoms with Crippen LogP contribution in [0.3, 0.4) is 0 Å². The monoisotopic (exact) mass is 461 g/mol. The molecule has 0 bridgehead atoms. The summed E-state index contributed by atoms with van der Waals surface area (Å²) in [4.78, 5) is 16.4. The number of aryl methyl sites for hydroxylation is 1. The zero-order valence-corrected chi connectivity index (χ0v) is 21.1. The zero-order chi connectivity index (χ0) is 22.8. The molecule has 3 rings (SSSR count). The van der Waals surface area contributed by atoms with Crippen molar-refractivity contribution in [3.8, 4) is 0 Å². The summed E-state index contributed by atoms with van der Waals surface area (Å²) < 4.78 is 5.29. The van der Waals surface area contributed by atoms with Gasteiger partial charge in [-0.05, 0) is 68.8 Å². The molecular formula is C26H36ClNO2S. The first kappa shape index (κ1) is 25.8. The molecule has 3 nitrogen and oxygen atoms in total. The van der Waals surface area contributed by atoms with Crippen molar-refractivity contribution in [1.82, 2.24) is 4.90 Å². The summed E-state index contributed by atoms with van der Waals surface area (Å²) in [7, 11) is 0. The Morgan fingerprint density at radius 3 is 2.39 bits per heavy atom. The number of halogens is 1. The molecule has 0 N–H and O–H groups in total. The van der Waals surface area contributed by atoms with Crippen LogP contribution in [0.5, 0.6) is 0 Å². The predicted molar refractivity (Wildman–Crippen MR) is 134 cm³/mol. The highest BCUT2D eigenvalue weighted by atomic mass is 35.5. The van der Waals surface area contributed by atoms with Gasteiger partial charge in [-0.1, -0.05) is 49.6 Å². The van der Waals surface area contributed by atoms with E-state index in [0.29, 0.717) is 10.6 Å². The van der Waals surface area contributed by atoms with Gasteiger partial charge in [0.05, 0.1) is 18.2 Å². The van der Waals surface area contributed by atoms with Gasteiger partial charge in [0, 0.05) is 29.1 Å². The standard InChI is InChI=1S/C16H15ClOS.C10H21NO/c1-10(2)15(12-8-9-19-11(12)3)16(18)13-6-4-5-7-14(13)17;1-3-10(2)4-5-11-6-8-12-9-7-11/h4-9H,1-3H3;10H,3-9H2,1-2H3. The van der Waals surface area contributed by atoms with Crippen LogP contribution in [0.1, 0.15) is 61.3 Å². The number of nitrogens with zero attached hydrogens (tertiary/aromatic N) is 1. The minimum atomic E-state index is -0.00731. The molecule has 1 fully saturated rings. The maximum atomic E-state index is 12.7. The second-order valence-electron chi connectivity index (χ2n) is 8.33. The van der Waals surface area contributed by atoms with Crippen molar-refractivity contribution in [1.29, 1.82) is 0 Å². The molecule has 0 spiro atoms. The van der Waals surface area contributed by atoms with E-state index in [1.54, 1.807) is 23.5 Å². The van der Waals surface area contributed by atoms with Crippen molar-refractivity contribution >= 4 is 34.3 Å². The smallest absolute Gasteiger partial charge is 0.195 e. The Morgan fingerprint density at radius 2 is 1.84 bits per heavy atom. The molecule has 170 valence electrons. The van der Waals surface area contributed by atoms with Gasteiger partial charge in [0.2, 0.25) is 0 Å². The van der Waals surface area contributed by atoms with Gasteiger partial charge >= 0.3 is 0 Å². The zero-order valence-electron chi connectivity index (χ0n) is 19.5. The number of ether oxygens (including phenoxy) is 1. The molecule has 2 aromatic rings. The summed E-state index contributed by atoms with van der Waals surface area (Å²) in [5, 5.41) is 2.51. The summed E-state index contributed by atoms with van der Waals surface area (Å²) in [5.74, 6) is 0.875. The van der Waals surface area contributed by atoms with Gasteiger partial charge in [0.1, 0.15) is 0 Å². The molecule has 5 heteroatoms. The Kier molecular flexibility index (Phi) is 11.0. The fraction of sp³-hybridized carbons (Fsp3) is 0.500. The summed E-state index contributed by atoms with van der Waals surface area (Å²) in [6.45, 7) is 15.9. The second kappa shape index (κ2) is 13.2. The number of allylic oxidation sites excluding steroid dienone is 2. The summed E-state index contributed by atoms with van der Waals surface area (Å²) in [5.41, 5.74) is 3.33. The van der Waals surface area contributed by atoms with Crippen LogP contribution in [0.15, 0.2) is 41.3 Å². The first-order valence-electron chi connectivity index (χ1n) is 11.2. The molecule has 0 amide bonds. The van der Waals surface area contributed by atoms with E-state index in [1.165, 1.54) is 19.4 Å². The first-order chi connectivity index (χ1) is 14.8. The van der Waals surface area contributed by atoms with E-state index in [9.17, 15) is 4.79 Å². The van der Waals surface area contributed by atoms with Crippen molar-refractivity contribution in [2.75, 3.05) is 32.8 Å². The third-order valence-corrected chi connectivity index (χ3v) is 6.89. The SMILES string of the molecule is CC(C)=C(C(=O)c1ccccc1Cl)c1ccsc1C.CCC(C)CCN1CCOCC1. The van der Waals surface area contributed by atoms with Crippen molar-refractivity contribution in [2.45, 2.75) is 47.5 Å². The highest BCUT2D eigenvalue weighted by molar-refractivity contribution is 7.10. The molecular weight excluding hydrogens is 426 g/mol. The lowest BCUT2D eigenvalue weighted by molar-refractivity contribution is 0.0356. The van der Waals surface area contributed by atoms with E-state index < -0.39 is 0 Å². The predicted octanol–water partition coefficient (Wildman–Crippen LogP) is 7.14. The molecule has 31 heavy (non-hydrogen) atoms. The number of carbonyl (C=O) groups excluding carboxylic acids is 1. The van der Waals surface area contributed by atoms with Crippen LogP contribution in [0.25, 0.3) is 5.57 Å². The molecule has 0 saturated carbocycles. The van der Waals surface area contributed by atoms with Crippen molar-refractivity contribution in [3.63, 3.8) is 0 Å². The molecule has 1 aliphatic heterocycles. The van der Waals surface area contributed by atoms with E-state index in [0.717, 1.165) is 53.8 Å². The van der Waals surface area contributed by atoms with Crippen LogP contribution in [-0.4, -0.2) is 43.5 Å². The number of rotatable bonds is 7. The Morgan fingerprint density at radius 1 is 1.16 bits per heavy atom. The van der Waals surface area contributed by atoms with Gasteiger partial charge in [0.25, 0.3) is 0 Å². The number of morpholine rings is 1. The maximum Gasteiger partial charge on any atom is 0.195 e. The largest absolute Gasteiger partial charge is 0.379 e. The minimum absolute atomic E-state index is 0.00731. The second-order valence-corrected chi connectivity index (χ2v) is 9.86. The molecule has 0 aliphatic carbocycles. The summed E-state index contributed by atoms with van der Waals surface area (Å²) in [6, 6.07) is 9.18. The topological polar surface area (TPSA) is 29.5 Å². The number of Topliss-reactive ketones (excluding diaryl/α,β-unsaturated/α-hetero) is 1. The van der Waals surface area contributed by atoms with Gasteiger partial charge in [-0.2, -0.15) is 0 Å². The lowest BCUT2D eigenvalue weighted by atomic mass is 9.94. The van der Waals surface area contributed by atoms with Crippen molar-refractivity contribution < 1.29 is 9.53 Å². The maximum absolute atomic E-state index is 12.7. The van der Waals surface area contributed by atoms with Gasteiger partial charge in [-0.3, -0.25) is 9.69 Å². The van der Waals surface area contributed by atoms with Crippen LogP contribution in [0, 0.1) is 12.8 Å². The number of carbonyl (C=O) groups is 1. The minimum Gasteiger partial charge on any atom is -0.379 e. The third-order valence-electron chi connectivity index (χ3n) is 5.71. The van der Waals surface area contributed by atoms with Crippen LogP contribution in [0.2, 0.25) is 5.02 Å². The van der Waals surface area contributed by atoms with Gasteiger partial charge in [-0.25, -0.2) is 0 Å². The average molecular weight is 462 g/mol. The number of ketones is 1. The lowest BCUT2D eigenvalue weighted by Crippen LogP contribution is -2.37. The molecule has 1 atom stereocenters. The van der Waals surface area contributed by atoms with Gasteiger partial charge < -0.3 is 4.74 Å². The average Bonchev–Trinajstić information content (AvgIpc) is 3.18. The molecule has 0 radical (unpaired) electrons. The Balaban J connectivity index is 0.000000245. The van der Waals surface area contributed by atoms with E-state index in [1.807, 2.05) is 44.4 Å². The number of hydrogen-bond donors (Lipinski definition) is 0.